The Kier molecular flexibility index (Phi) is 8.28. The summed E-state index contributed by atoms with van der Waals surface area (Å²) in [5.41, 5.74) is 6.76. The molecular formula is C17H28ClN3O2. The van der Waals surface area contributed by atoms with E-state index < -0.39 is 5.92 Å². The molecule has 2 amide bonds. The molecule has 0 bridgehead atoms. The lowest BCUT2D eigenvalue weighted by Gasteiger charge is -2.27. The topological polar surface area (TPSA) is 75.4 Å². The van der Waals surface area contributed by atoms with Crippen LogP contribution in [0.2, 0.25) is 0 Å². The molecule has 0 saturated heterocycles. The molecule has 0 saturated carbocycles. The number of nitrogens with one attached hydrogen (secondary N) is 1. The molecule has 0 spiro atoms. The van der Waals surface area contributed by atoms with Crippen molar-refractivity contribution in [3.63, 3.8) is 0 Å². The van der Waals surface area contributed by atoms with Crippen molar-refractivity contribution < 1.29 is 9.59 Å². The van der Waals surface area contributed by atoms with Crippen LogP contribution in [0.25, 0.3) is 0 Å². The molecule has 3 N–H and O–H groups in total. The minimum atomic E-state index is -0.394. The van der Waals surface area contributed by atoms with E-state index >= 15 is 0 Å². The third-order valence-corrected chi connectivity index (χ3v) is 3.38. The van der Waals surface area contributed by atoms with E-state index in [1.807, 2.05) is 51.1 Å². The van der Waals surface area contributed by atoms with Crippen LogP contribution in [0.15, 0.2) is 30.3 Å². The van der Waals surface area contributed by atoms with Gasteiger partial charge in [-0.05, 0) is 26.3 Å². The second-order valence-electron chi connectivity index (χ2n) is 6.72. The monoisotopic (exact) mass is 341 g/mol. The van der Waals surface area contributed by atoms with Crippen molar-refractivity contribution >= 4 is 24.2 Å². The molecule has 0 aliphatic heterocycles. The summed E-state index contributed by atoms with van der Waals surface area (Å²) in [5.74, 6) is -0.709. The average molecular weight is 342 g/mol. The Bertz CT molecular complexity index is 514. The number of carbonyl (C=O) groups is 2. The van der Waals surface area contributed by atoms with E-state index in [-0.39, 0.29) is 42.3 Å². The van der Waals surface area contributed by atoms with Crippen LogP contribution >= 0.6 is 12.4 Å². The average Bonchev–Trinajstić information content (AvgIpc) is 2.43. The molecule has 0 heterocycles. The summed E-state index contributed by atoms with van der Waals surface area (Å²) < 4.78 is 0. The van der Waals surface area contributed by atoms with E-state index in [2.05, 4.69) is 5.32 Å². The second kappa shape index (κ2) is 8.89. The van der Waals surface area contributed by atoms with Gasteiger partial charge in [0, 0.05) is 18.6 Å². The van der Waals surface area contributed by atoms with Gasteiger partial charge in [-0.2, -0.15) is 0 Å². The van der Waals surface area contributed by atoms with E-state index in [0.717, 1.165) is 5.56 Å². The van der Waals surface area contributed by atoms with E-state index in [9.17, 15) is 9.59 Å². The number of nitrogens with two attached hydrogens (primary N) is 1. The first kappa shape index (κ1) is 21.4. The van der Waals surface area contributed by atoms with E-state index in [0.29, 0.717) is 0 Å². The van der Waals surface area contributed by atoms with Gasteiger partial charge in [-0.1, -0.05) is 37.3 Å². The molecule has 1 rings (SSSR count). The van der Waals surface area contributed by atoms with Gasteiger partial charge in [0.1, 0.15) is 0 Å². The number of nitrogens with zero attached hydrogens (tertiary/aromatic N) is 1. The molecule has 130 valence electrons. The summed E-state index contributed by atoms with van der Waals surface area (Å²) in [7, 11) is 1.62. The third-order valence-electron chi connectivity index (χ3n) is 3.38. The van der Waals surface area contributed by atoms with Gasteiger partial charge in [0.15, 0.2) is 0 Å². The summed E-state index contributed by atoms with van der Waals surface area (Å²) in [6.45, 7) is 7.53. The fourth-order valence-electron chi connectivity index (χ4n) is 2.22. The second-order valence-corrected chi connectivity index (χ2v) is 6.72. The number of hydrogen-bond acceptors (Lipinski definition) is 3. The van der Waals surface area contributed by atoms with Crippen molar-refractivity contribution in [2.24, 2.45) is 11.7 Å². The van der Waals surface area contributed by atoms with Crippen molar-refractivity contribution in [2.45, 2.75) is 39.3 Å². The van der Waals surface area contributed by atoms with Gasteiger partial charge < -0.3 is 16.0 Å². The molecule has 1 aromatic carbocycles. The van der Waals surface area contributed by atoms with E-state index in [1.54, 1.807) is 14.0 Å². The van der Waals surface area contributed by atoms with E-state index in [1.165, 1.54) is 4.90 Å². The van der Waals surface area contributed by atoms with Gasteiger partial charge in [-0.25, -0.2) is 0 Å². The third kappa shape index (κ3) is 7.01. The van der Waals surface area contributed by atoms with Crippen molar-refractivity contribution in [2.75, 3.05) is 13.6 Å². The van der Waals surface area contributed by atoms with Gasteiger partial charge in [-0.15, -0.1) is 12.4 Å². The summed E-state index contributed by atoms with van der Waals surface area (Å²) >= 11 is 0. The van der Waals surface area contributed by atoms with Crippen LogP contribution in [-0.2, 0) is 9.59 Å². The zero-order valence-corrected chi connectivity index (χ0v) is 15.3. The minimum Gasteiger partial charge on any atom is -0.350 e. The zero-order valence-electron chi connectivity index (χ0n) is 14.5. The van der Waals surface area contributed by atoms with Crippen molar-refractivity contribution in [3.05, 3.63) is 35.9 Å². The van der Waals surface area contributed by atoms with Crippen LogP contribution in [0.5, 0.6) is 0 Å². The van der Waals surface area contributed by atoms with Crippen molar-refractivity contribution in [3.8, 4) is 0 Å². The van der Waals surface area contributed by atoms with Crippen LogP contribution in [0.3, 0.4) is 0 Å². The fourth-order valence-corrected chi connectivity index (χ4v) is 2.22. The lowest BCUT2D eigenvalue weighted by atomic mass is 9.94. The van der Waals surface area contributed by atoms with Crippen molar-refractivity contribution in [1.82, 2.24) is 10.2 Å². The Balaban J connectivity index is 0.00000484. The summed E-state index contributed by atoms with van der Waals surface area (Å²) in [6, 6.07) is 9.12. The lowest BCUT2D eigenvalue weighted by molar-refractivity contribution is -0.138. The van der Waals surface area contributed by atoms with Gasteiger partial charge in [0.05, 0.1) is 12.5 Å². The maximum atomic E-state index is 12.4. The molecule has 0 radical (unpaired) electrons. The normalized spacial score (nSPS) is 13.5. The SMILES string of the molecule is CC(C(=O)N(C)CC(=O)NC(C)(C)C)C(N)c1ccccc1.Cl. The van der Waals surface area contributed by atoms with Crippen LogP contribution in [-0.4, -0.2) is 35.8 Å². The molecule has 6 heteroatoms. The quantitative estimate of drug-likeness (QED) is 0.861. The standard InChI is InChI=1S/C17H27N3O2.ClH/c1-12(15(18)13-9-7-6-8-10-13)16(22)20(5)11-14(21)19-17(2,3)4;/h6-10,12,15H,11,18H2,1-5H3,(H,19,21);1H. The Hall–Kier alpha value is -1.59. The predicted octanol–water partition coefficient (Wildman–Crippen LogP) is 2.12. The Morgan fingerprint density at radius 3 is 2.22 bits per heavy atom. The first-order valence-electron chi connectivity index (χ1n) is 7.48. The first-order chi connectivity index (χ1) is 10.1. The van der Waals surface area contributed by atoms with Gasteiger partial charge in [0.2, 0.25) is 11.8 Å². The number of rotatable bonds is 5. The summed E-state index contributed by atoms with van der Waals surface area (Å²) in [4.78, 5) is 25.7. The minimum absolute atomic E-state index is 0. The highest BCUT2D eigenvalue weighted by molar-refractivity contribution is 5.86. The predicted molar refractivity (Wildman–Crippen MR) is 95.3 cm³/mol. The maximum absolute atomic E-state index is 12.4. The number of amides is 2. The molecule has 1 aromatic rings. The first-order valence-corrected chi connectivity index (χ1v) is 7.48. The largest absolute Gasteiger partial charge is 0.350 e. The van der Waals surface area contributed by atoms with Crippen LogP contribution in [0.1, 0.15) is 39.3 Å². The Labute approximate surface area is 145 Å². The molecule has 2 atom stereocenters. The zero-order chi connectivity index (χ0) is 16.9. The van der Waals surface area contributed by atoms with Gasteiger partial charge in [-0.3, -0.25) is 9.59 Å². The summed E-state index contributed by atoms with van der Waals surface area (Å²) in [6.07, 6.45) is 0. The molecular weight excluding hydrogens is 314 g/mol. The van der Waals surface area contributed by atoms with Gasteiger partial charge in [0.25, 0.3) is 0 Å². The molecule has 5 nitrogen and oxygen atoms in total. The number of carbonyl (C=O) groups excluding carboxylic acids is 2. The highest BCUT2D eigenvalue weighted by atomic mass is 35.5. The number of likely N-dealkylation sites (N-methyl/N-ethyl adjacent to an activating group) is 1. The van der Waals surface area contributed by atoms with E-state index in [4.69, 9.17) is 5.73 Å². The number of benzene rings is 1. The molecule has 0 aliphatic carbocycles. The smallest absolute Gasteiger partial charge is 0.240 e. The lowest BCUT2D eigenvalue weighted by Crippen LogP contribution is -2.47. The molecule has 0 aliphatic rings. The molecule has 0 aromatic heterocycles. The molecule has 0 fully saturated rings. The number of halogens is 1. The Morgan fingerprint density at radius 2 is 1.74 bits per heavy atom. The van der Waals surface area contributed by atoms with Crippen molar-refractivity contribution in [1.29, 1.82) is 0 Å². The van der Waals surface area contributed by atoms with Crippen LogP contribution < -0.4 is 11.1 Å². The van der Waals surface area contributed by atoms with Crippen LogP contribution in [0, 0.1) is 5.92 Å². The van der Waals surface area contributed by atoms with Gasteiger partial charge >= 0.3 is 0 Å². The molecule has 23 heavy (non-hydrogen) atoms. The maximum Gasteiger partial charge on any atom is 0.240 e. The summed E-state index contributed by atoms with van der Waals surface area (Å²) in [5, 5.41) is 2.84. The number of hydrogen-bond donors (Lipinski definition) is 2. The Morgan fingerprint density at radius 1 is 1.22 bits per heavy atom. The fraction of sp³-hybridized carbons (Fsp3) is 0.529. The molecule has 2 unspecified atom stereocenters. The van der Waals surface area contributed by atoms with Crippen LogP contribution in [0.4, 0.5) is 0 Å². The highest BCUT2D eigenvalue weighted by Crippen LogP contribution is 2.20. The highest BCUT2D eigenvalue weighted by Gasteiger charge is 2.26.